The quantitative estimate of drug-likeness (QED) is 0.808. The Hall–Kier alpha value is -1.18. The second kappa shape index (κ2) is 3.66. The van der Waals surface area contributed by atoms with Gasteiger partial charge in [-0.3, -0.25) is 4.79 Å². The monoisotopic (exact) mass is 242 g/mol. The first-order valence-electron chi connectivity index (χ1n) is 5.93. The number of carbonyl (C=O) groups excluding carboxylic acids is 1. The molecule has 17 heavy (non-hydrogen) atoms. The number of alkyl halides is 2. The minimum atomic E-state index is -2.63. The number of rotatable bonds is 2. The van der Waals surface area contributed by atoms with Gasteiger partial charge in [0.25, 0.3) is 0 Å². The molecule has 2 aliphatic carbocycles. The molecule has 1 amide bonds. The van der Waals surface area contributed by atoms with Crippen molar-refractivity contribution in [2.45, 2.75) is 56.9 Å². The Labute approximate surface area is 99.2 Å². The van der Waals surface area contributed by atoms with E-state index in [4.69, 9.17) is 5.26 Å². The molecule has 5 heteroatoms. The Morgan fingerprint density at radius 1 is 1.18 bits per heavy atom. The van der Waals surface area contributed by atoms with Crippen LogP contribution in [0.1, 0.15) is 45.4 Å². The van der Waals surface area contributed by atoms with Crippen molar-refractivity contribution in [3.8, 4) is 6.07 Å². The molecule has 2 saturated carbocycles. The van der Waals surface area contributed by atoms with Crippen molar-refractivity contribution in [2.24, 2.45) is 5.41 Å². The summed E-state index contributed by atoms with van der Waals surface area (Å²) in [6, 6.07) is 2.08. The molecule has 3 nitrogen and oxygen atoms in total. The van der Waals surface area contributed by atoms with Crippen molar-refractivity contribution in [3.63, 3.8) is 0 Å². The fraction of sp³-hybridized carbons (Fsp3) is 0.833. The van der Waals surface area contributed by atoms with Gasteiger partial charge in [-0.1, -0.05) is 6.92 Å². The van der Waals surface area contributed by atoms with Gasteiger partial charge in [-0.25, -0.2) is 8.78 Å². The van der Waals surface area contributed by atoms with Crippen LogP contribution >= 0.6 is 0 Å². The second-order valence-electron chi connectivity index (χ2n) is 5.56. The van der Waals surface area contributed by atoms with Crippen LogP contribution in [0.25, 0.3) is 0 Å². The number of nitriles is 1. The van der Waals surface area contributed by atoms with Gasteiger partial charge in [-0.15, -0.1) is 0 Å². The molecule has 0 spiro atoms. The summed E-state index contributed by atoms with van der Waals surface area (Å²) in [7, 11) is 0. The maximum absolute atomic E-state index is 13.0. The summed E-state index contributed by atoms with van der Waals surface area (Å²) in [5.41, 5.74) is -1.45. The number of nitrogens with zero attached hydrogens (tertiary/aromatic N) is 1. The predicted molar refractivity (Wildman–Crippen MR) is 57.2 cm³/mol. The highest BCUT2D eigenvalue weighted by atomic mass is 19.3. The summed E-state index contributed by atoms with van der Waals surface area (Å²) in [5.74, 6) is -2.88. The topological polar surface area (TPSA) is 52.9 Å². The lowest BCUT2D eigenvalue weighted by Gasteiger charge is -2.36. The lowest BCUT2D eigenvalue weighted by molar-refractivity contribution is -0.138. The first kappa shape index (κ1) is 12.3. The van der Waals surface area contributed by atoms with E-state index in [1.165, 1.54) is 0 Å². The van der Waals surface area contributed by atoms with Crippen LogP contribution in [0.5, 0.6) is 0 Å². The molecule has 2 rings (SSSR count). The third kappa shape index (κ3) is 2.41. The molecular formula is C12H16F2N2O. The van der Waals surface area contributed by atoms with Crippen LogP contribution < -0.4 is 5.32 Å². The SMILES string of the molecule is CC1(C(=O)NC2(C#N)CC2)CCC(F)(F)CC1. The Bertz CT molecular complexity index is 372. The number of halogens is 2. The van der Waals surface area contributed by atoms with E-state index in [0.29, 0.717) is 12.8 Å². The maximum Gasteiger partial charge on any atom is 0.248 e. The van der Waals surface area contributed by atoms with Crippen LogP contribution in [0.15, 0.2) is 0 Å². The van der Waals surface area contributed by atoms with Crippen molar-refractivity contribution < 1.29 is 13.6 Å². The maximum atomic E-state index is 13.0. The van der Waals surface area contributed by atoms with Crippen LogP contribution in [0, 0.1) is 16.7 Å². The molecule has 0 unspecified atom stereocenters. The summed E-state index contributed by atoms with van der Waals surface area (Å²) >= 11 is 0. The van der Waals surface area contributed by atoms with Gasteiger partial charge in [-0.2, -0.15) is 5.26 Å². The Morgan fingerprint density at radius 3 is 2.12 bits per heavy atom. The molecule has 0 bridgehead atoms. The smallest absolute Gasteiger partial charge is 0.248 e. The van der Waals surface area contributed by atoms with Gasteiger partial charge in [0, 0.05) is 18.3 Å². The normalized spacial score (nSPS) is 27.9. The minimum absolute atomic E-state index is 0.188. The van der Waals surface area contributed by atoms with E-state index in [1.54, 1.807) is 6.92 Å². The van der Waals surface area contributed by atoms with Crippen molar-refractivity contribution >= 4 is 5.91 Å². The van der Waals surface area contributed by atoms with Gasteiger partial charge in [0.1, 0.15) is 5.54 Å². The zero-order valence-corrected chi connectivity index (χ0v) is 9.85. The van der Waals surface area contributed by atoms with E-state index >= 15 is 0 Å². The number of hydrogen-bond acceptors (Lipinski definition) is 2. The number of hydrogen-bond donors (Lipinski definition) is 1. The predicted octanol–water partition coefficient (Wildman–Crippen LogP) is 2.37. The summed E-state index contributed by atoms with van der Waals surface area (Å²) in [6.07, 6.45) is 1.23. The summed E-state index contributed by atoms with van der Waals surface area (Å²) in [4.78, 5) is 12.0. The van der Waals surface area contributed by atoms with Crippen molar-refractivity contribution in [1.82, 2.24) is 5.32 Å². The van der Waals surface area contributed by atoms with Gasteiger partial charge in [0.2, 0.25) is 11.8 Å². The zero-order chi connectivity index (χ0) is 12.7. The molecule has 94 valence electrons. The van der Waals surface area contributed by atoms with Crippen LogP contribution in [0.4, 0.5) is 8.78 Å². The van der Waals surface area contributed by atoms with Gasteiger partial charge in [0.05, 0.1) is 6.07 Å². The highest BCUT2D eigenvalue weighted by Crippen LogP contribution is 2.44. The zero-order valence-electron chi connectivity index (χ0n) is 9.85. The van der Waals surface area contributed by atoms with Crippen molar-refractivity contribution in [3.05, 3.63) is 0 Å². The summed E-state index contributed by atoms with van der Waals surface area (Å²) in [5, 5.41) is 11.6. The largest absolute Gasteiger partial charge is 0.337 e. The number of carbonyl (C=O) groups is 1. The van der Waals surface area contributed by atoms with Crippen LogP contribution in [0.2, 0.25) is 0 Å². The molecule has 0 aromatic carbocycles. The standard InChI is InChI=1S/C12H16F2N2O/c1-10(2-6-12(13,14)7-3-10)9(17)16-11(8-15)4-5-11/h2-7H2,1H3,(H,16,17). The minimum Gasteiger partial charge on any atom is -0.337 e. The van der Waals surface area contributed by atoms with Gasteiger partial charge in [0.15, 0.2) is 0 Å². The van der Waals surface area contributed by atoms with Crippen LogP contribution in [-0.2, 0) is 4.79 Å². The molecule has 2 aliphatic rings. The lowest BCUT2D eigenvalue weighted by atomic mass is 9.73. The van der Waals surface area contributed by atoms with Crippen molar-refractivity contribution in [2.75, 3.05) is 0 Å². The van der Waals surface area contributed by atoms with Crippen molar-refractivity contribution in [1.29, 1.82) is 5.26 Å². The Morgan fingerprint density at radius 2 is 1.71 bits per heavy atom. The number of nitrogens with one attached hydrogen (secondary N) is 1. The molecule has 0 aliphatic heterocycles. The van der Waals surface area contributed by atoms with Crippen LogP contribution in [0.3, 0.4) is 0 Å². The molecule has 0 aromatic heterocycles. The first-order chi connectivity index (χ1) is 7.81. The molecule has 0 heterocycles. The molecule has 0 radical (unpaired) electrons. The van der Waals surface area contributed by atoms with Gasteiger partial charge >= 0.3 is 0 Å². The van der Waals surface area contributed by atoms with Crippen LogP contribution in [-0.4, -0.2) is 17.4 Å². The van der Waals surface area contributed by atoms with E-state index < -0.39 is 16.9 Å². The molecule has 0 aromatic rings. The number of amides is 1. The van der Waals surface area contributed by atoms with E-state index in [0.717, 1.165) is 0 Å². The first-order valence-corrected chi connectivity index (χ1v) is 5.93. The third-order valence-electron chi connectivity index (χ3n) is 3.95. The van der Waals surface area contributed by atoms with Gasteiger partial charge in [-0.05, 0) is 25.7 Å². The van der Waals surface area contributed by atoms with E-state index in [-0.39, 0.29) is 31.6 Å². The summed E-state index contributed by atoms with van der Waals surface area (Å²) < 4.78 is 26.1. The molecule has 2 fully saturated rings. The fourth-order valence-corrected chi connectivity index (χ4v) is 2.15. The fourth-order valence-electron chi connectivity index (χ4n) is 2.15. The molecule has 1 N–H and O–H groups in total. The van der Waals surface area contributed by atoms with E-state index in [2.05, 4.69) is 11.4 Å². The van der Waals surface area contributed by atoms with E-state index in [1.807, 2.05) is 0 Å². The average Bonchev–Trinajstić information content (AvgIpc) is 3.03. The second-order valence-corrected chi connectivity index (χ2v) is 5.56. The average molecular weight is 242 g/mol. The summed E-state index contributed by atoms with van der Waals surface area (Å²) in [6.45, 7) is 1.71. The van der Waals surface area contributed by atoms with Gasteiger partial charge < -0.3 is 5.32 Å². The molecular weight excluding hydrogens is 226 g/mol. The Kier molecular flexibility index (Phi) is 2.64. The third-order valence-corrected chi connectivity index (χ3v) is 3.95. The highest BCUT2D eigenvalue weighted by molar-refractivity contribution is 5.84. The highest BCUT2D eigenvalue weighted by Gasteiger charge is 2.50. The van der Waals surface area contributed by atoms with E-state index in [9.17, 15) is 13.6 Å². The molecule has 0 atom stereocenters. The molecule has 0 saturated heterocycles. The lowest BCUT2D eigenvalue weighted by Crippen LogP contribution is -2.47. The Balaban J connectivity index is 1.98.